The fraction of sp³-hybridized carbons (Fsp3) is 0.583. The lowest BCUT2D eigenvalue weighted by Crippen LogP contribution is -2.42. The van der Waals surface area contributed by atoms with Gasteiger partial charge < -0.3 is 10.6 Å². The summed E-state index contributed by atoms with van der Waals surface area (Å²) >= 11 is 0. The van der Waals surface area contributed by atoms with Gasteiger partial charge in [0.25, 0.3) is 0 Å². The van der Waals surface area contributed by atoms with Crippen molar-refractivity contribution >= 4 is 11.5 Å². The summed E-state index contributed by atoms with van der Waals surface area (Å²) in [6.07, 6.45) is -3.38. The number of nitrogens with zero attached hydrogens (tertiary/aromatic N) is 2. The molecule has 100 valence electrons. The van der Waals surface area contributed by atoms with Crippen molar-refractivity contribution < 1.29 is 13.2 Å². The molecule has 1 aliphatic rings. The Hall–Kier alpha value is -1.46. The van der Waals surface area contributed by atoms with Gasteiger partial charge in [-0.2, -0.15) is 13.2 Å². The van der Waals surface area contributed by atoms with Gasteiger partial charge >= 0.3 is 6.18 Å². The Morgan fingerprint density at radius 1 is 1.39 bits per heavy atom. The van der Waals surface area contributed by atoms with Gasteiger partial charge in [-0.15, -0.1) is 0 Å². The van der Waals surface area contributed by atoms with E-state index >= 15 is 0 Å². The van der Waals surface area contributed by atoms with E-state index in [0.29, 0.717) is 30.2 Å². The summed E-state index contributed by atoms with van der Waals surface area (Å²) in [4.78, 5) is 5.94. The molecule has 0 bridgehead atoms. The van der Waals surface area contributed by atoms with Crippen molar-refractivity contribution in [3.8, 4) is 0 Å². The van der Waals surface area contributed by atoms with Crippen LogP contribution in [0.3, 0.4) is 0 Å². The van der Waals surface area contributed by atoms with Gasteiger partial charge in [-0.1, -0.05) is 0 Å². The predicted molar refractivity (Wildman–Crippen MR) is 64.4 cm³/mol. The molecule has 2 heterocycles. The summed E-state index contributed by atoms with van der Waals surface area (Å²) in [6, 6.07) is 3.37. The molecule has 0 radical (unpaired) electrons. The Morgan fingerprint density at radius 2 is 2.11 bits per heavy atom. The Labute approximate surface area is 104 Å². The normalized spacial score (nSPS) is 21.1. The minimum Gasteiger partial charge on any atom is -0.397 e. The molecule has 0 spiro atoms. The maximum Gasteiger partial charge on any atom is 0.393 e. The second kappa shape index (κ2) is 4.66. The van der Waals surface area contributed by atoms with Crippen LogP contribution < -0.4 is 10.6 Å². The molecule has 1 aromatic rings. The van der Waals surface area contributed by atoms with E-state index in [-0.39, 0.29) is 13.0 Å². The van der Waals surface area contributed by atoms with Crippen molar-refractivity contribution in [1.82, 2.24) is 4.98 Å². The first-order valence-electron chi connectivity index (χ1n) is 5.92. The molecule has 1 saturated heterocycles. The van der Waals surface area contributed by atoms with Crippen molar-refractivity contribution in [2.45, 2.75) is 25.9 Å². The fourth-order valence-electron chi connectivity index (χ4n) is 2.19. The third kappa shape index (κ3) is 2.68. The number of alkyl halides is 3. The number of aromatic nitrogens is 1. The molecule has 1 unspecified atom stereocenters. The fourth-order valence-corrected chi connectivity index (χ4v) is 2.19. The molecule has 1 aromatic heterocycles. The van der Waals surface area contributed by atoms with E-state index in [4.69, 9.17) is 5.73 Å². The number of pyridine rings is 1. The van der Waals surface area contributed by atoms with Gasteiger partial charge in [0, 0.05) is 13.1 Å². The quantitative estimate of drug-likeness (QED) is 0.843. The Morgan fingerprint density at radius 3 is 2.72 bits per heavy atom. The zero-order chi connectivity index (χ0) is 13.3. The number of nitrogen functional groups attached to an aromatic ring is 1. The summed E-state index contributed by atoms with van der Waals surface area (Å²) in [6.45, 7) is 2.35. The van der Waals surface area contributed by atoms with Crippen LogP contribution in [0.25, 0.3) is 0 Å². The van der Waals surface area contributed by atoms with E-state index in [9.17, 15) is 13.2 Å². The highest BCUT2D eigenvalue weighted by Gasteiger charge is 2.42. The molecule has 0 amide bonds. The van der Waals surface area contributed by atoms with Crippen molar-refractivity contribution in [2.75, 3.05) is 23.7 Å². The summed E-state index contributed by atoms with van der Waals surface area (Å²) < 4.78 is 38.1. The first kappa shape index (κ1) is 13.0. The Balaban J connectivity index is 2.15. The van der Waals surface area contributed by atoms with E-state index in [2.05, 4.69) is 4.98 Å². The Kier molecular flexibility index (Phi) is 3.36. The summed E-state index contributed by atoms with van der Waals surface area (Å²) in [5.74, 6) is -0.679. The number of piperidine rings is 1. The molecule has 0 aromatic carbocycles. The van der Waals surface area contributed by atoms with E-state index in [1.165, 1.54) is 0 Å². The first-order chi connectivity index (χ1) is 8.38. The monoisotopic (exact) mass is 259 g/mol. The van der Waals surface area contributed by atoms with Crippen LogP contribution >= 0.6 is 0 Å². The highest BCUT2D eigenvalue weighted by atomic mass is 19.4. The SMILES string of the molecule is Cc1nc(N2CCCC(C(F)(F)F)C2)ccc1N. The van der Waals surface area contributed by atoms with E-state index in [0.717, 1.165) is 0 Å². The number of rotatable bonds is 1. The van der Waals surface area contributed by atoms with Crippen LogP contribution in [0.15, 0.2) is 12.1 Å². The highest BCUT2D eigenvalue weighted by Crippen LogP contribution is 2.34. The molecule has 18 heavy (non-hydrogen) atoms. The van der Waals surface area contributed by atoms with Crippen molar-refractivity contribution in [3.63, 3.8) is 0 Å². The van der Waals surface area contributed by atoms with Crippen molar-refractivity contribution in [2.24, 2.45) is 5.92 Å². The molecule has 0 saturated carbocycles. The standard InChI is InChI=1S/C12H16F3N3/c1-8-10(16)4-5-11(17-8)18-6-2-3-9(7-18)12(13,14)15/h4-5,9H,2-3,6-7,16H2,1H3. The molecule has 3 nitrogen and oxygen atoms in total. The second-order valence-electron chi connectivity index (χ2n) is 4.67. The van der Waals surface area contributed by atoms with Crippen molar-refractivity contribution in [3.05, 3.63) is 17.8 Å². The molecule has 6 heteroatoms. The van der Waals surface area contributed by atoms with Gasteiger partial charge in [-0.05, 0) is 31.9 Å². The van der Waals surface area contributed by atoms with Crippen LogP contribution in [0.4, 0.5) is 24.7 Å². The lowest BCUT2D eigenvalue weighted by atomic mass is 9.97. The molecule has 0 aliphatic carbocycles. The first-order valence-corrected chi connectivity index (χ1v) is 5.92. The average Bonchev–Trinajstić information content (AvgIpc) is 2.32. The molecule has 1 aliphatic heterocycles. The number of anilines is 2. The van der Waals surface area contributed by atoms with Crippen LogP contribution in [0.2, 0.25) is 0 Å². The maximum absolute atomic E-state index is 12.7. The number of hydrogen-bond acceptors (Lipinski definition) is 3. The minimum atomic E-state index is -4.12. The number of halogens is 3. The van der Waals surface area contributed by atoms with Crippen LogP contribution in [0, 0.1) is 12.8 Å². The van der Waals surface area contributed by atoms with Crippen molar-refractivity contribution in [1.29, 1.82) is 0 Å². The topological polar surface area (TPSA) is 42.2 Å². The van der Waals surface area contributed by atoms with Gasteiger partial charge in [0.2, 0.25) is 0 Å². The summed E-state index contributed by atoms with van der Waals surface area (Å²) in [5.41, 5.74) is 6.87. The number of aryl methyl sites for hydroxylation is 1. The van der Waals surface area contributed by atoms with Gasteiger partial charge in [-0.25, -0.2) is 4.98 Å². The highest BCUT2D eigenvalue weighted by molar-refractivity contribution is 5.50. The van der Waals surface area contributed by atoms with Gasteiger partial charge in [0.1, 0.15) is 5.82 Å². The number of nitrogens with two attached hydrogens (primary N) is 1. The molecule has 2 rings (SSSR count). The molecule has 1 fully saturated rings. The zero-order valence-electron chi connectivity index (χ0n) is 10.2. The van der Waals surface area contributed by atoms with Crippen LogP contribution in [0.5, 0.6) is 0 Å². The van der Waals surface area contributed by atoms with Crippen LogP contribution in [-0.4, -0.2) is 24.2 Å². The van der Waals surface area contributed by atoms with E-state index in [1.807, 2.05) is 0 Å². The number of hydrogen-bond donors (Lipinski definition) is 1. The van der Waals surface area contributed by atoms with Gasteiger partial charge in [-0.3, -0.25) is 0 Å². The Bertz CT molecular complexity index is 431. The van der Waals surface area contributed by atoms with Crippen LogP contribution in [0.1, 0.15) is 18.5 Å². The molecular weight excluding hydrogens is 243 g/mol. The average molecular weight is 259 g/mol. The van der Waals surface area contributed by atoms with E-state index in [1.54, 1.807) is 24.0 Å². The maximum atomic E-state index is 12.7. The van der Waals surface area contributed by atoms with Gasteiger partial charge in [0.15, 0.2) is 0 Å². The summed E-state index contributed by atoms with van der Waals surface area (Å²) in [5, 5.41) is 0. The van der Waals surface area contributed by atoms with Gasteiger partial charge in [0.05, 0.1) is 17.3 Å². The largest absolute Gasteiger partial charge is 0.397 e. The summed E-state index contributed by atoms with van der Waals surface area (Å²) in [7, 11) is 0. The molecule has 2 N–H and O–H groups in total. The third-order valence-electron chi connectivity index (χ3n) is 3.32. The zero-order valence-corrected chi connectivity index (χ0v) is 10.2. The smallest absolute Gasteiger partial charge is 0.393 e. The van der Waals surface area contributed by atoms with E-state index < -0.39 is 12.1 Å². The predicted octanol–water partition coefficient (Wildman–Crippen LogP) is 2.75. The molecular formula is C12H16F3N3. The lowest BCUT2D eigenvalue weighted by Gasteiger charge is -2.34. The third-order valence-corrected chi connectivity index (χ3v) is 3.32. The minimum absolute atomic E-state index is 0.0140. The lowest BCUT2D eigenvalue weighted by molar-refractivity contribution is -0.176. The second-order valence-corrected chi connectivity index (χ2v) is 4.67. The molecule has 1 atom stereocenters. The van der Waals surface area contributed by atoms with Crippen LogP contribution in [-0.2, 0) is 0 Å².